The van der Waals surface area contributed by atoms with Gasteiger partial charge in [-0.1, -0.05) is 0 Å². The number of hydrogen-bond donors (Lipinski definition) is 0. The summed E-state index contributed by atoms with van der Waals surface area (Å²) < 4.78 is 45.4. The highest BCUT2D eigenvalue weighted by atomic mass is 19.4. The zero-order chi connectivity index (χ0) is 21.5. The van der Waals surface area contributed by atoms with Crippen LogP contribution in [0.1, 0.15) is 34.7 Å². The van der Waals surface area contributed by atoms with Crippen LogP contribution in [0.5, 0.6) is 0 Å². The third kappa shape index (κ3) is 3.56. The van der Waals surface area contributed by atoms with Crippen LogP contribution in [0, 0.1) is 0 Å². The Labute approximate surface area is 170 Å². The fraction of sp³-hybridized carbons (Fsp3) is 0.286. The van der Waals surface area contributed by atoms with Gasteiger partial charge in [-0.05, 0) is 48.9 Å². The van der Waals surface area contributed by atoms with Crippen LogP contribution in [0.4, 0.5) is 18.9 Å². The fourth-order valence-electron chi connectivity index (χ4n) is 3.60. The third-order valence-electron chi connectivity index (χ3n) is 5.03. The van der Waals surface area contributed by atoms with Crippen molar-refractivity contribution in [2.45, 2.75) is 25.7 Å². The van der Waals surface area contributed by atoms with Crippen molar-refractivity contribution in [2.75, 3.05) is 18.6 Å². The van der Waals surface area contributed by atoms with Crippen molar-refractivity contribution in [1.29, 1.82) is 0 Å². The molecule has 6 nitrogen and oxygen atoms in total. The zero-order valence-corrected chi connectivity index (χ0v) is 16.3. The number of pyridine rings is 1. The van der Waals surface area contributed by atoms with E-state index in [1.807, 2.05) is 13.0 Å². The van der Waals surface area contributed by atoms with E-state index in [9.17, 15) is 18.0 Å². The first-order valence-electron chi connectivity index (χ1n) is 9.30. The minimum atomic E-state index is -4.43. The van der Waals surface area contributed by atoms with Crippen molar-refractivity contribution in [3.8, 4) is 11.1 Å². The molecule has 0 spiro atoms. The lowest BCUT2D eigenvalue weighted by Gasteiger charge is -2.32. The summed E-state index contributed by atoms with van der Waals surface area (Å²) in [6.07, 6.45) is -1.16. The van der Waals surface area contributed by atoms with Gasteiger partial charge in [0.25, 0.3) is 5.91 Å². The van der Waals surface area contributed by atoms with Crippen LogP contribution in [-0.4, -0.2) is 34.3 Å². The predicted octanol–water partition coefficient (Wildman–Crippen LogP) is 4.33. The van der Waals surface area contributed by atoms with Gasteiger partial charge in [-0.25, -0.2) is 0 Å². The SMILES string of the molecule is COCc1cc(-c2cnn3c2C(=O)N(c2ccc(C(F)(F)F)cc2)CC3C)ccn1. The number of carbonyl (C=O) groups excluding carboxylic acids is 1. The molecule has 0 saturated carbocycles. The molecule has 0 fully saturated rings. The van der Waals surface area contributed by atoms with Crippen molar-refractivity contribution < 1.29 is 22.7 Å². The number of rotatable bonds is 4. The molecule has 0 bridgehead atoms. The van der Waals surface area contributed by atoms with Gasteiger partial charge in [0.1, 0.15) is 5.69 Å². The molecule has 3 aromatic rings. The highest BCUT2D eigenvalue weighted by Gasteiger charge is 2.35. The lowest BCUT2D eigenvalue weighted by Crippen LogP contribution is -2.42. The monoisotopic (exact) mass is 416 g/mol. The van der Waals surface area contributed by atoms with Crippen LogP contribution >= 0.6 is 0 Å². The number of hydrogen-bond acceptors (Lipinski definition) is 4. The molecule has 156 valence electrons. The first-order valence-corrected chi connectivity index (χ1v) is 9.30. The quantitative estimate of drug-likeness (QED) is 0.635. The zero-order valence-electron chi connectivity index (χ0n) is 16.3. The molecular weight excluding hydrogens is 397 g/mol. The van der Waals surface area contributed by atoms with Crippen molar-refractivity contribution in [1.82, 2.24) is 14.8 Å². The molecule has 4 rings (SSSR count). The van der Waals surface area contributed by atoms with E-state index < -0.39 is 11.7 Å². The highest BCUT2D eigenvalue weighted by molar-refractivity contribution is 6.09. The van der Waals surface area contributed by atoms with Crippen molar-refractivity contribution in [3.05, 3.63) is 65.7 Å². The number of halogens is 3. The second kappa shape index (κ2) is 7.56. The Morgan fingerprint density at radius 3 is 2.60 bits per heavy atom. The summed E-state index contributed by atoms with van der Waals surface area (Å²) in [5.41, 5.74) is 2.18. The van der Waals surface area contributed by atoms with E-state index >= 15 is 0 Å². The van der Waals surface area contributed by atoms with Crippen molar-refractivity contribution >= 4 is 11.6 Å². The molecule has 0 N–H and O–H groups in total. The lowest BCUT2D eigenvalue weighted by molar-refractivity contribution is -0.137. The molecular formula is C21H19F3N4O2. The summed E-state index contributed by atoms with van der Waals surface area (Å²) in [4.78, 5) is 19.0. The Hall–Kier alpha value is -3.20. The van der Waals surface area contributed by atoms with E-state index in [2.05, 4.69) is 10.1 Å². The molecule has 9 heteroatoms. The van der Waals surface area contributed by atoms with Crippen molar-refractivity contribution in [2.24, 2.45) is 0 Å². The Balaban J connectivity index is 1.72. The standard InChI is InChI=1S/C21H19F3N4O2/c1-13-11-27(17-5-3-15(4-6-17)21(22,23)24)20(29)19-18(10-26-28(13)19)14-7-8-25-16(9-14)12-30-2/h3-10,13H,11-12H2,1-2H3. The van der Waals surface area contributed by atoms with Crippen LogP contribution in [0.25, 0.3) is 11.1 Å². The number of benzene rings is 1. The van der Waals surface area contributed by atoms with Gasteiger partial charge in [-0.3, -0.25) is 14.5 Å². The van der Waals surface area contributed by atoms with Gasteiger partial charge >= 0.3 is 6.18 Å². The number of ether oxygens (including phenoxy) is 1. The minimum Gasteiger partial charge on any atom is -0.378 e. The van der Waals surface area contributed by atoms with Crippen LogP contribution in [0.2, 0.25) is 0 Å². The van der Waals surface area contributed by atoms with E-state index in [1.165, 1.54) is 17.0 Å². The molecule has 0 radical (unpaired) electrons. The Morgan fingerprint density at radius 2 is 1.93 bits per heavy atom. The number of anilines is 1. The number of amides is 1. The second-order valence-corrected chi connectivity index (χ2v) is 7.13. The van der Waals surface area contributed by atoms with E-state index in [0.29, 0.717) is 35.8 Å². The highest BCUT2D eigenvalue weighted by Crippen LogP contribution is 2.34. The summed E-state index contributed by atoms with van der Waals surface area (Å²) in [6, 6.07) is 8.08. The van der Waals surface area contributed by atoms with Gasteiger partial charge in [-0.2, -0.15) is 18.3 Å². The summed E-state index contributed by atoms with van der Waals surface area (Å²) in [5.74, 6) is -0.314. The maximum absolute atomic E-state index is 13.3. The van der Waals surface area contributed by atoms with Crippen LogP contribution in [0.3, 0.4) is 0 Å². The molecule has 1 unspecified atom stereocenters. The van der Waals surface area contributed by atoms with Gasteiger partial charge in [0, 0.05) is 31.1 Å². The molecule has 0 saturated heterocycles. The molecule has 30 heavy (non-hydrogen) atoms. The first-order chi connectivity index (χ1) is 14.3. The molecule has 3 heterocycles. The average molecular weight is 416 g/mol. The largest absolute Gasteiger partial charge is 0.416 e. The molecule has 1 aliphatic heterocycles. The minimum absolute atomic E-state index is 0.144. The Bertz CT molecular complexity index is 1080. The number of carbonyl (C=O) groups is 1. The van der Waals surface area contributed by atoms with Gasteiger partial charge in [0.2, 0.25) is 0 Å². The summed E-state index contributed by atoms with van der Waals surface area (Å²) in [6.45, 7) is 2.55. The third-order valence-corrected chi connectivity index (χ3v) is 5.03. The summed E-state index contributed by atoms with van der Waals surface area (Å²) >= 11 is 0. The maximum atomic E-state index is 13.3. The van der Waals surface area contributed by atoms with Gasteiger partial charge in [0.15, 0.2) is 0 Å². The van der Waals surface area contributed by atoms with E-state index in [0.717, 1.165) is 17.7 Å². The average Bonchev–Trinajstić information content (AvgIpc) is 3.17. The van der Waals surface area contributed by atoms with Gasteiger partial charge < -0.3 is 9.64 Å². The van der Waals surface area contributed by atoms with Crippen LogP contribution in [-0.2, 0) is 17.5 Å². The fourth-order valence-corrected chi connectivity index (χ4v) is 3.60. The number of fused-ring (bicyclic) bond motifs is 1. The summed E-state index contributed by atoms with van der Waals surface area (Å²) in [5, 5.41) is 4.38. The van der Waals surface area contributed by atoms with Gasteiger partial charge in [-0.15, -0.1) is 0 Å². The molecule has 0 aliphatic carbocycles. The number of aromatic nitrogens is 3. The molecule has 2 aromatic heterocycles. The molecule has 1 amide bonds. The van der Waals surface area contributed by atoms with E-state index in [1.54, 1.807) is 30.3 Å². The number of methoxy groups -OCH3 is 1. The van der Waals surface area contributed by atoms with Crippen molar-refractivity contribution in [3.63, 3.8) is 0 Å². The molecule has 1 atom stereocenters. The first kappa shape index (κ1) is 20.1. The van der Waals surface area contributed by atoms with E-state index in [-0.39, 0.29) is 11.9 Å². The smallest absolute Gasteiger partial charge is 0.378 e. The lowest BCUT2D eigenvalue weighted by atomic mass is 10.0. The van der Waals surface area contributed by atoms with Gasteiger partial charge in [0.05, 0.1) is 30.1 Å². The van der Waals surface area contributed by atoms with Crippen LogP contribution in [0.15, 0.2) is 48.8 Å². The van der Waals surface area contributed by atoms with E-state index in [4.69, 9.17) is 4.74 Å². The maximum Gasteiger partial charge on any atom is 0.416 e. The second-order valence-electron chi connectivity index (χ2n) is 7.13. The molecule has 1 aliphatic rings. The normalized spacial score (nSPS) is 16.6. The number of nitrogens with zero attached hydrogens (tertiary/aromatic N) is 4. The molecule has 1 aromatic carbocycles. The topological polar surface area (TPSA) is 60.3 Å². The Kier molecular flexibility index (Phi) is 5.07. The van der Waals surface area contributed by atoms with Crippen LogP contribution < -0.4 is 4.90 Å². The predicted molar refractivity (Wildman–Crippen MR) is 104 cm³/mol. The number of alkyl halides is 3. The Morgan fingerprint density at radius 1 is 1.20 bits per heavy atom. The summed E-state index contributed by atoms with van der Waals surface area (Å²) in [7, 11) is 1.57.